The molecule has 1 N–H and O–H groups in total. The molecule has 1 aliphatic heterocycles. The van der Waals surface area contributed by atoms with Gasteiger partial charge in [-0.1, -0.05) is 35.5 Å². The van der Waals surface area contributed by atoms with Gasteiger partial charge in [-0.25, -0.2) is 0 Å². The van der Waals surface area contributed by atoms with E-state index < -0.39 is 0 Å². The Morgan fingerprint density at radius 3 is 2.69 bits per heavy atom. The quantitative estimate of drug-likeness (QED) is 0.601. The van der Waals surface area contributed by atoms with Crippen molar-refractivity contribution in [3.05, 3.63) is 69.8 Å². The second-order valence-electron chi connectivity index (χ2n) is 6.59. The number of hydrogen-bond acceptors (Lipinski definition) is 4. The van der Waals surface area contributed by atoms with Gasteiger partial charge in [0.15, 0.2) is 5.75 Å². The molecule has 3 heterocycles. The predicted molar refractivity (Wildman–Crippen MR) is 97.6 cm³/mol. The molecule has 4 aromatic rings. The van der Waals surface area contributed by atoms with E-state index >= 15 is 0 Å². The maximum Gasteiger partial charge on any atom is 0.272 e. The van der Waals surface area contributed by atoms with Gasteiger partial charge in [0.05, 0.1) is 16.6 Å². The van der Waals surface area contributed by atoms with Crippen LogP contribution in [0.5, 0.6) is 5.75 Å². The number of aryl methyl sites for hydroxylation is 2. The molecule has 1 unspecified atom stereocenters. The Morgan fingerprint density at radius 1 is 1.15 bits per heavy atom. The number of rotatable bonds is 2. The van der Waals surface area contributed by atoms with E-state index in [0.717, 1.165) is 33.7 Å². The fourth-order valence-corrected chi connectivity index (χ4v) is 3.82. The first-order valence-electron chi connectivity index (χ1n) is 8.53. The molecule has 0 radical (unpaired) electrons. The highest BCUT2D eigenvalue weighted by Crippen LogP contribution is 2.42. The summed E-state index contributed by atoms with van der Waals surface area (Å²) < 4.78 is 13.4. The van der Waals surface area contributed by atoms with Crippen molar-refractivity contribution in [1.82, 2.24) is 14.9 Å². The Bertz CT molecular complexity index is 1160. The molecule has 0 fully saturated rings. The Labute approximate surface area is 149 Å². The number of benzene rings is 2. The van der Waals surface area contributed by atoms with Gasteiger partial charge < -0.3 is 9.26 Å². The van der Waals surface area contributed by atoms with Crippen molar-refractivity contribution >= 4 is 10.9 Å². The summed E-state index contributed by atoms with van der Waals surface area (Å²) in [6, 6.07) is 13.7. The van der Waals surface area contributed by atoms with Crippen LogP contribution in [0.25, 0.3) is 22.0 Å². The fraction of sp³-hybridized carbons (Fsp3) is 0.200. The van der Waals surface area contributed by atoms with Crippen LogP contribution in [0.15, 0.2) is 51.8 Å². The molecular formula is C20H17N3O3. The summed E-state index contributed by atoms with van der Waals surface area (Å²) in [5.41, 5.74) is 4.38. The normalized spacial score (nSPS) is 16.0. The third kappa shape index (κ3) is 1.98. The molecule has 2 aromatic carbocycles. The third-order valence-corrected chi connectivity index (χ3v) is 5.02. The van der Waals surface area contributed by atoms with Gasteiger partial charge in [0.2, 0.25) is 0 Å². The summed E-state index contributed by atoms with van der Waals surface area (Å²) >= 11 is 0. The van der Waals surface area contributed by atoms with Crippen molar-refractivity contribution in [1.29, 1.82) is 0 Å². The molecule has 5 rings (SSSR count). The SMILES string of the molecule is Cc1noc(C)c1-c1ccc2c(=O)[nH]n3c2c1OCC3c1ccccc1. The number of H-pyrrole nitrogens is 1. The van der Waals surface area contributed by atoms with Crippen LogP contribution in [0, 0.1) is 13.8 Å². The van der Waals surface area contributed by atoms with Crippen LogP contribution in [-0.2, 0) is 0 Å². The molecule has 0 amide bonds. The van der Waals surface area contributed by atoms with Crippen LogP contribution in [-0.4, -0.2) is 21.5 Å². The van der Waals surface area contributed by atoms with Gasteiger partial charge in [-0.2, -0.15) is 0 Å². The topological polar surface area (TPSA) is 73.0 Å². The van der Waals surface area contributed by atoms with Gasteiger partial charge in [0.25, 0.3) is 5.56 Å². The second-order valence-corrected chi connectivity index (χ2v) is 6.59. The minimum atomic E-state index is -0.113. The van der Waals surface area contributed by atoms with E-state index in [0.29, 0.717) is 17.7 Å². The van der Waals surface area contributed by atoms with Gasteiger partial charge in [0, 0.05) is 5.56 Å². The molecule has 2 aromatic heterocycles. The van der Waals surface area contributed by atoms with Crippen molar-refractivity contribution in [2.75, 3.05) is 6.61 Å². The van der Waals surface area contributed by atoms with Crippen LogP contribution < -0.4 is 10.3 Å². The summed E-state index contributed by atoms with van der Waals surface area (Å²) in [5.74, 6) is 1.43. The lowest BCUT2D eigenvalue weighted by Crippen LogP contribution is -2.25. The molecule has 0 saturated carbocycles. The largest absolute Gasteiger partial charge is 0.488 e. The van der Waals surface area contributed by atoms with E-state index in [4.69, 9.17) is 9.26 Å². The molecule has 0 spiro atoms. The summed E-state index contributed by atoms with van der Waals surface area (Å²) in [6.07, 6.45) is 0. The number of aromatic amines is 1. The highest BCUT2D eigenvalue weighted by molar-refractivity contribution is 5.93. The lowest BCUT2D eigenvalue weighted by Gasteiger charge is -2.27. The molecule has 1 atom stereocenters. The van der Waals surface area contributed by atoms with Gasteiger partial charge in [0.1, 0.15) is 23.9 Å². The van der Waals surface area contributed by atoms with Gasteiger partial charge in [-0.3, -0.25) is 14.6 Å². The molecule has 6 heteroatoms. The Kier molecular flexibility index (Phi) is 3.09. The summed E-state index contributed by atoms with van der Waals surface area (Å²) in [7, 11) is 0. The monoisotopic (exact) mass is 347 g/mol. The minimum absolute atomic E-state index is 0.0752. The van der Waals surface area contributed by atoms with E-state index in [9.17, 15) is 4.79 Å². The van der Waals surface area contributed by atoms with Crippen molar-refractivity contribution in [2.45, 2.75) is 19.9 Å². The van der Waals surface area contributed by atoms with E-state index in [1.807, 2.05) is 61.0 Å². The van der Waals surface area contributed by atoms with Crippen LogP contribution in [0.3, 0.4) is 0 Å². The summed E-state index contributed by atoms with van der Waals surface area (Å²) in [6.45, 7) is 4.23. The fourth-order valence-electron chi connectivity index (χ4n) is 3.82. The zero-order valence-electron chi connectivity index (χ0n) is 14.4. The van der Waals surface area contributed by atoms with Gasteiger partial charge in [-0.15, -0.1) is 0 Å². The van der Waals surface area contributed by atoms with Crippen LogP contribution >= 0.6 is 0 Å². The molecule has 1 aliphatic rings. The molecule has 130 valence electrons. The number of aromatic nitrogens is 3. The molecule has 0 aliphatic carbocycles. The maximum atomic E-state index is 12.5. The first-order chi connectivity index (χ1) is 12.6. The average Bonchev–Trinajstić information content (AvgIpc) is 3.17. The molecule has 0 bridgehead atoms. The van der Waals surface area contributed by atoms with Crippen molar-refractivity contribution < 1.29 is 9.26 Å². The van der Waals surface area contributed by atoms with Crippen molar-refractivity contribution in [3.8, 4) is 16.9 Å². The molecule has 26 heavy (non-hydrogen) atoms. The maximum absolute atomic E-state index is 12.5. The molecular weight excluding hydrogens is 330 g/mol. The van der Waals surface area contributed by atoms with Crippen LogP contribution in [0.1, 0.15) is 23.1 Å². The lowest BCUT2D eigenvalue weighted by molar-refractivity contribution is 0.249. The zero-order valence-corrected chi connectivity index (χ0v) is 14.4. The summed E-state index contributed by atoms with van der Waals surface area (Å²) in [5, 5.41) is 7.66. The van der Waals surface area contributed by atoms with Crippen molar-refractivity contribution in [2.24, 2.45) is 0 Å². The smallest absolute Gasteiger partial charge is 0.272 e. The predicted octanol–water partition coefficient (Wildman–Crippen LogP) is 3.58. The lowest BCUT2D eigenvalue weighted by atomic mass is 9.99. The number of nitrogens with zero attached hydrogens (tertiary/aromatic N) is 2. The number of nitrogens with one attached hydrogen (secondary N) is 1. The highest BCUT2D eigenvalue weighted by Gasteiger charge is 2.29. The first kappa shape index (κ1) is 15.0. The van der Waals surface area contributed by atoms with Crippen molar-refractivity contribution in [3.63, 3.8) is 0 Å². The Morgan fingerprint density at radius 2 is 1.96 bits per heavy atom. The Hall–Kier alpha value is -3.28. The molecule has 6 nitrogen and oxygen atoms in total. The Balaban J connectivity index is 1.80. The van der Waals surface area contributed by atoms with E-state index in [1.54, 1.807) is 0 Å². The van der Waals surface area contributed by atoms with Gasteiger partial charge >= 0.3 is 0 Å². The zero-order chi connectivity index (χ0) is 17.8. The summed E-state index contributed by atoms with van der Waals surface area (Å²) in [4.78, 5) is 12.5. The number of hydrogen-bond donors (Lipinski definition) is 1. The average molecular weight is 347 g/mol. The van der Waals surface area contributed by atoms with Gasteiger partial charge in [-0.05, 0) is 31.5 Å². The first-order valence-corrected chi connectivity index (χ1v) is 8.53. The second kappa shape index (κ2) is 5.36. The van der Waals surface area contributed by atoms with E-state index in [2.05, 4.69) is 10.3 Å². The molecule has 0 saturated heterocycles. The number of ether oxygens (including phenoxy) is 1. The highest BCUT2D eigenvalue weighted by atomic mass is 16.5. The standard InChI is InChI=1S/C20H17N3O3/c1-11-17(12(2)26-22-11)14-8-9-15-18-19(14)25-10-16(23(18)21-20(15)24)13-6-4-3-5-7-13/h3-9,16H,10H2,1-2H3,(H,21,24). The van der Waals surface area contributed by atoms with E-state index in [1.165, 1.54) is 0 Å². The van der Waals surface area contributed by atoms with E-state index in [-0.39, 0.29) is 11.6 Å². The third-order valence-electron chi connectivity index (χ3n) is 5.02. The minimum Gasteiger partial charge on any atom is -0.488 e. The van der Waals surface area contributed by atoms with Crippen LogP contribution in [0.4, 0.5) is 0 Å². The van der Waals surface area contributed by atoms with Crippen LogP contribution in [0.2, 0.25) is 0 Å².